The van der Waals surface area contributed by atoms with Crippen molar-refractivity contribution < 1.29 is 35.5 Å². The highest BCUT2D eigenvalue weighted by Gasteiger charge is 2.38. The molecule has 41 heavy (non-hydrogen) atoms. The minimum atomic E-state index is -5.19. The number of sulfonamides is 1. The lowest BCUT2D eigenvalue weighted by molar-refractivity contribution is -0.140. The molecule has 218 valence electrons. The zero-order valence-corrected chi connectivity index (χ0v) is 22.7. The van der Waals surface area contributed by atoms with Gasteiger partial charge in [-0.15, -0.1) is 0 Å². The SMILES string of the molecule is Cn1nc(-c2cc(C(F)(F)F)c(F)c(O)c2F)c2cnc(N(Cc3ccccc3)C3CCN(S(C)(=O)=O)CC3)nc21. The number of hydrogen-bond donors (Lipinski definition) is 1. The Morgan fingerprint density at radius 3 is 2.37 bits per heavy atom. The second-order valence-corrected chi connectivity index (χ2v) is 11.8. The van der Waals surface area contributed by atoms with Crippen LogP contribution in [0.2, 0.25) is 0 Å². The van der Waals surface area contributed by atoms with E-state index in [1.165, 1.54) is 22.2 Å². The average Bonchev–Trinajstić information content (AvgIpc) is 3.25. The Hall–Kier alpha value is -3.85. The van der Waals surface area contributed by atoms with E-state index in [0.717, 1.165) is 11.8 Å². The fourth-order valence-corrected chi connectivity index (χ4v) is 5.87. The van der Waals surface area contributed by atoms with Crippen molar-refractivity contribution in [3.8, 4) is 17.0 Å². The first kappa shape index (κ1) is 28.7. The van der Waals surface area contributed by atoms with Crippen LogP contribution in [-0.2, 0) is 29.8 Å². The van der Waals surface area contributed by atoms with Crippen molar-refractivity contribution in [2.45, 2.75) is 31.6 Å². The molecule has 9 nitrogen and oxygen atoms in total. The molecule has 2 aromatic carbocycles. The highest BCUT2D eigenvalue weighted by Crippen LogP contribution is 2.41. The number of phenolic OH excluding ortho intramolecular Hbond substituents is 1. The normalized spacial score (nSPS) is 15.5. The number of anilines is 1. The number of hydrogen-bond acceptors (Lipinski definition) is 7. The third-order valence-electron chi connectivity index (χ3n) is 7.09. The first-order chi connectivity index (χ1) is 19.3. The number of benzene rings is 2. The average molecular weight is 597 g/mol. The molecule has 1 aliphatic rings. The van der Waals surface area contributed by atoms with Crippen molar-refractivity contribution in [3.63, 3.8) is 0 Å². The standard InChI is InChI=1S/C26H25F5N6O3S/c1-35-24-18(22(34-35)17-12-19(26(29,30)31)21(28)23(38)20(17)27)13-32-25(33-24)37(14-15-6-4-3-5-7-15)16-8-10-36(11-9-16)41(2,39)40/h3-7,12-13,16,38H,8-11,14H2,1-2H3. The Morgan fingerprint density at radius 2 is 1.76 bits per heavy atom. The van der Waals surface area contributed by atoms with E-state index in [2.05, 4.69) is 15.1 Å². The molecule has 1 N–H and O–H groups in total. The second-order valence-electron chi connectivity index (χ2n) is 9.83. The molecular weight excluding hydrogens is 571 g/mol. The van der Waals surface area contributed by atoms with E-state index in [9.17, 15) is 35.5 Å². The van der Waals surface area contributed by atoms with Crippen LogP contribution >= 0.6 is 0 Å². The van der Waals surface area contributed by atoms with Crippen LogP contribution in [0, 0.1) is 11.6 Å². The van der Waals surface area contributed by atoms with Crippen molar-refractivity contribution in [2.75, 3.05) is 24.2 Å². The van der Waals surface area contributed by atoms with E-state index in [-0.39, 0.29) is 34.8 Å². The number of alkyl halides is 3. The summed E-state index contributed by atoms with van der Waals surface area (Å²) in [6.07, 6.45) is -1.75. The number of aromatic hydroxyl groups is 1. The summed E-state index contributed by atoms with van der Waals surface area (Å²) in [5.41, 5.74) is -1.79. The summed E-state index contributed by atoms with van der Waals surface area (Å²) in [6, 6.07) is 9.58. The number of piperidine rings is 1. The van der Waals surface area contributed by atoms with Crippen molar-refractivity contribution in [1.82, 2.24) is 24.1 Å². The number of phenols is 1. The van der Waals surface area contributed by atoms with Gasteiger partial charge in [-0.2, -0.15) is 23.3 Å². The zero-order valence-electron chi connectivity index (χ0n) is 21.9. The minimum Gasteiger partial charge on any atom is -0.503 e. The lowest BCUT2D eigenvalue weighted by Gasteiger charge is -2.37. The van der Waals surface area contributed by atoms with Crippen LogP contribution in [0.1, 0.15) is 24.0 Å². The van der Waals surface area contributed by atoms with Gasteiger partial charge in [0.1, 0.15) is 5.69 Å². The van der Waals surface area contributed by atoms with E-state index in [1.54, 1.807) is 0 Å². The third kappa shape index (κ3) is 5.55. The first-order valence-corrected chi connectivity index (χ1v) is 14.3. The summed E-state index contributed by atoms with van der Waals surface area (Å²) >= 11 is 0. The van der Waals surface area contributed by atoms with E-state index >= 15 is 0 Å². The van der Waals surface area contributed by atoms with Gasteiger partial charge >= 0.3 is 6.18 Å². The Kier molecular flexibility index (Phi) is 7.36. The number of rotatable bonds is 6. The summed E-state index contributed by atoms with van der Waals surface area (Å²) in [6.45, 7) is 1.000. The van der Waals surface area contributed by atoms with E-state index in [1.807, 2.05) is 35.2 Å². The van der Waals surface area contributed by atoms with Gasteiger partial charge in [0.05, 0.1) is 17.2 Å². The quantitative estimate of drug-likeness (QED) is 0.328. The Bertz CT molecular complexity index is 1700. The number of nitrogens with zero attached hydrogens (tertiary/aromatic N) is 6. The van der Waals surface area contributed by atoms with Gasteiger partial charge in [-0.1, -0.05) is 30.3 Å². The lowest BCUT2D eigenvalue weighted by Crippen LogP contribution is -2.46. The van der Waals surface area contributed by atoms with Gasteiger partial charge in [-0.05, 0) is 24.5 Å². The minimum absolute atomic E-state index is 0.0841. The molecule has 0 radical (unpaired) electrons. The van der Waals surface area contributed by atoms with Crippen LogP contribution in [0.4, 0.5) is 27.9 Å². The van der Waals surface area contributed by atoms with Gasteiger partial charge < -0.3 is 10.0 Å². The predicted octanol–water partition coefficient (Wildman–Crippen LogP) is 4.46. The maximum atomic E-state index is 14.9. The molecular formula is C26H25F5N6O3S. The van der Waals surface area contributed by atoms with Crippen LogP contribution in [0.15, 0.2) is 42.6 Å². The molecule has 0 amide bonds. The van der Waals surface area contributed by atoms with Gasteiger partial charge in [-0.3, -0.25) is 0 Å². The zero-order chi connectivity index (χ0) is 29.7. The molecule has 1 aliphatic heterocycles. The predicted molar refractivity (Wildman–Crippen MR) is 140 cm³/mol. The van der Waals surface area contributed by atoms with Gasteiger partial charge in [0.2, 0.25) is 16.0 Å². The molecule has 0 atom stereocenters. The van der Waals surface area contributed by atoms with Gasteiger partial charge in [0.25, 0.3) is 0 Å². The summed E-state index contributed by atoms with van der Waals surface area (Å²) in [4.78, 5) is 11.0. The summed E-state index contributed by atoms with van der Waals surface area (Å²) in [7, 11) is -1.89. The molecule has 0 saturated carbocycles. The molecule has 4 aromatic rings. The van der Waals surface area contributed by atoms with Crippen molar-refractivity contribution >= 4 is 27.0 Å². The van der Waals surface area contributed by atoms with Crippen molar-refractivity contribution in [2.24, 2.45) is 7.05 Å². The monoisotopic (exact) mass is 596 g/mol. The summed E-state index contributed by atoms with van der Waals surface area (Å²) < 4.78 is 95.8. The largest absolute Gasteiger partial charge is 0.503 e. The molecule has 0 aliphatic carbocycles. The number of aryl methyl sites for hydroxylation is 1. The molecule has 1 saturated heterocycles. The van der Waals surface area contributed by atoms with Gasteiger partial charge in [0, 0.05) is 44.5 Å². The summed E-state index contributed by atoms with van der Waals surface area (Å²) in [5, 5.41) is 14.0. The molecule has 0 spiro atoms. The topological polar surface area (TPSA) is 104 Å². The highest BCUT2D eigenvalue weighted by molar-refractivity contribution is 7.88. The number of halogens is 5. The van der Waals surface area contributed by atoms with Crippen LogP contribution in [0.25, 0.3) is 22.3 Å². The van der Waals surface area contributed by atoms with E-state index < -0.39 is 44.7 Å². The van der Waals surface area contributed by atoms with Crippen molar-refractivity contribution in [3.05, 3.63) is 65.4 Å². The van der Waals surface area contributed by atoms with Crippen LogP contribution in [-0.4, -0.2) is 63.0 Å². The van der Waals surface area contributed by atoms with Crippen molar-refractivity contribution in [1.29, 1.82) is 0 Å². The fourth-order valence-electron chi connectivity index (χ4n) is 5.00. The first-order valence-electron chi connectivity index (χ1n) is 12.5. The maximum absolute atomic E-state index is 14.9. The third-order valence-corrected chi connectivity index (χ3v) is 8.39. The summed E-state index contributed by atoms with van der Waals surface area (Å²) in [5.74, 6) is -5.22. The van der Waals surface area contributed by atoms with Crippen LogP contribution < -0.4 is 4.90 Å². The van der Waals surface area contributed by atoms with Gasteiger partial charge in [-0.25, -0.2) is 31.2 Å². The molecule has 0 bridgehead atoms. The molecule has 2 aromatic heterocycles. The van der Waals surface area contributed by atoms with E-state index in [0.29, 0.717) is 32.5 Å². The molecule has 5 rings (SSSR count). The molecule has 3 heterocycles. The van der Waals surface area contributed by atoms with Crippen LogP contribution in [0.5, 0.6) is 5.75 Å². The number of aromatic nitrogens is 4. The second kappa shape index (κ2) is 10.5. The Balaban J connectivity index is 1.57. The van der Waals surface area contributed by atoms with E-state index in [4.69, 9.17) is 0 Å². The van der Waals surface area contributed by atoms with Gasteiger partial charge in [0.15, 0.2) is 23.0 Å². The number of fused-ring (bicyclic) bond motifs is 1. The fraction of sp³-hybridized carbons (Fsp3) is 0.346. The lowest BCUT2D eigenvalue weighted by atomic mass is 10.0. The smallest absolute Gasteiger partial charge is 0.419 e. The Labute approximate surface area is 231 Å². The highest BCUT2D eigenvalue weighted by atomic mass is 32.2. The molecule has 0 unspecified atom stereocenters. The van der Waals surface area contributed by atoms with Crippen LogP contribution in [0.3, 0.4) is 0 Å². The maximum Gasteiger partial charge on any atom is 0.419 e. The molecule has 1 fully saturated rings. The Morgan fingerprint density at radius 1 is 1.10 bits per heavy atom. The molecule has 15 heteroatoms.